The minimum Gasteiger partial charge on any atom is -0.387 e. The summed E-state index contributed by atoms with van der Waals surface area (Å²) in [5.41, 5.74) is 0.919. The van der Waals surface area contributed by atoms with Gasteiger partial charge < -0.3 is 15.3 Å². The van der Waals surface area contributed by atoms with Crippen molar-refractivity contribution in [2.75, 3.05) is 20.1 Å². The van der Waals surface area contributed by atoms with Crippen LogP contribution in [0, 0.1) is 0 Å². The Labute approximate surface area is 139 Å². The molecule has 1 unspecified atom stereocenters. The third-order valence-corrected chi connectivity index (χ3v) is 4.61. The molecular formula is C19H30N2O2. The average Bonchev–Trinajstić information content (AvgIpc) is 2.82. The molecule has 1 atom stereocenters. The van der Waals surface area contributed by atoms with Gasteiger partial charge in [-0.05, 0) is 25.5 Å². The predicted octanol–water partition coefficient (Wildman–Crippen LogP) is 2.88. The molecule has 1 aliphatic rings. The smallest absolute Gasteiger partial charge is 0.221 e. The summed E-state index contributed by atoms with van der Waals surface area (Å²) < 4.78 is 0. The lowest BCUT2D eigenvalue weighted by Gasteiger charge is -2.21. The molecule has 1 aromatic carbocycles. The van der Waals surface area contributed by atoms with Gasteiger partial charge in [0.25, 0.3) is 0 Å². The van der Waals surface area contributed by atoms with Crippen LogP contribution in [0.3, 0.4) is 0 Å². The number of benzene rings is 1. The van der Waals surface area contributed by atoms with E-state index in [0.717, 1.165) is 18.4 Å². The minimum atomic E-state index is -0.508. The number of aliphatic hydroxyl groups excluding tert-OH is 1. The maximum absolute atomic E-state index is 12.1. The number of carbonyl (C=O) groups excluding carboxylic acids is 1. The lowest BCUT2D eigenvalue weighted by Crippen LogP contribution is -2.36. The van der Waals surface area contributed by atoms with Crippen LogP contribution in [0.2, 0.25) is 0 Å². The van der Waals surface area contributed by atoms with Crippen molar-refractivity contribution in [1.29, 1.82) is 0 Å². The first-order valence-electron chi connectivity index (χ1n) is 8.86. The molecule has 0 heterocycles. The minimum absolute atomic E-state index is 0.137. The van der Waals surface area contributed by atoms with E-state index in [1.54, 1.807) is 0 Å². The van der Waals surface area contributed by atoms with Gasteiger partial charge in [-0.25, -0.2) is 0 Å². The second-order valence-electron chi connectivity index (χ2n) is 6.69. The largest absolute Gasteiger partial charge is 0.387 e. The van der Waals surface area contributed by atoms with Crippen LogP contribution in [0.15, 0.2) is 30.3 Å². The van der Waals surface area contributed by atoms with Gasteiger partial charge in [0.15, 0.2) is 0 Å². The molecule has 0 spiro atoms. The highest BCUT2D eigenvalue weighted by molar-refractivity contribution is 5.76. The van der Waals surface area contributed by atoms with Crippen LogP contribution in [0.1, 0.15) is 56.6 Å². The van der Waals surface area contributed by atoms with Crippen LogP contribution in [0.25, 0.3) is 0 Å². The molecular weight excluding hydrogens is 288 g/mol. The first kappa shape index (κ1) is 18.0. The number of rotatable bonds is 7. The molecule has 128 valence electrons. The fraction of sp³-hybridized carbons (Fsp3) is 0.632. The normalized spacial score (nSPS) is 17.7. The summed E-state index contributed by atoms with van der Waals surface area (Å²) in [5.74, 6) is 0.137. The van der Waals surface area contributed by atoms with E-state index in [2.05, 4.69) is 5.32 Å². The van der Waals surface area contributed by atoms with Gasteiger partial charge in [-0.2, -0.15) is 0 Å². The molecule has 0 aromatic heterocycles. The fourth-order valence-electron chi connectivity index (χ4n) is 3.18. The van der Waals surface area contributed by atoms with Gasteiger partial charge in [-0.1, -0.05) is 56.0 Å². The topological polar surface area (TPSA) is 52.6 Å². The van der Waals surface area contributed by atoms with Gasteiger partial charge in [0, 0.05) is 25.6 Å². The van der Waals surface area contributed by atoms with Crippen molar-refractivity contribution in [3.05, 3.63) is 35.9 Å². The number of nitrogens with one attached hydrogen (secondary N) is 1. The van der Waals surface area contributed by atoms with Crippen molar-refractivity contribution in [3.8, 4) is 0 Å². The Hall–Kier alpha value is -1.39. The summed E-state index contributed by atoms with van der Waals surface area (Å²) >= 11 is 0. The van der Waals surface area contributed by atoms with Gasteiger partial charge in [0.05, 0.1) is 6.10 Å². The quantitative estimate of drug-likeness (QED) is 0.760. The number of likely N-dealkylation sites (N-methyl/N-ethyl adjacent to an activating group) is 1. The summed E-state index contributed by atoms with van der Waals surface area (Å²) in [6.45, 7) is 1.21. The zero-order valence-corrected chi connectivity index (χ0v) is 14.2. The fourth-order valence-corrected chi connectivity index (χ4v) is 3.18. The molecule has 1 aromatic rings. The first-order valence-corrected chi connectivity index (χ1v) is 8.86. The van der Waals surface area contributed by atoms with Gasteiger partial charge >= 0.3 is 0 Å². The number of hydrogen-bond donors (Lipinski definition) is 2. The second-order valence-corrected chi connectivity index (χ2v) is 6.69. The van der Waals surface area contributed by atoms with Gasteiger partial charge in [0.1, 0.15) is 0 Å². The summed E-state index contributed by atoms with van der Waals surface area (Å²) in [5, 5.41) is 13.4. The number of carbonyl (C=O) groups is 1. The lowest BCUT2D eigenvalue weighted by molar-refractivity contribution is -0.122. The molecule has 1 aliphatic carbocycles. The van der Waals surface area contributed by atoms with Crippen LogP contribution >= 0.6 is 0 Å². The molecule has 0 aliphatic heterocycles. The van der Waals surface area contributed by atoms with E-state index in [9.17, 15) is 9.90 Å². The van der Waals surface area contributed by atoms with Crippen LogP contribution in [0.4, 0.5) is 0 Å². The zero-order valence-electron chi connectivity index (χ0n) is 14.2. The SMILES string of the molecule is CN(CCC(=O)NC1CCCCCC1)CC(O)c1ccccc1. The average molecular weight is 318 g/mol. The number of nitrogens with zero attached hydrogens (tertiary/aromatic N) is 1. The molecule has 1 saturated carbocycles. The maximum Gasteiger partial charge on any atom is 0.221 e. The van der Waals surface area contributed by atoms with Crippen molar-refractivity contribution in [2.24, 2.45) is 0 Å². The lowest BCUT2D eigenvalue weighted by atomic mass is 10.1. The van der Waals surface area contributed by atoms with Crippen molar-refractivity contribution >= 4 is 5.91 Å². The molecule has 2 N–H and O–H groups in total. The van der Waals surface area contributed by atoms with Gasteiger partial charge in [-0.15, -0.1) is 0 Å². The Morgan fingerprint density at radius 3 is 2.52 bits per heavy atom. The van der Waals surface area contributed by atoms with Crippen LogP contribution in [-0.2, 0) is 4.79 Å². The molecule has 0 bridgehead atoms. The van der Waals surface area contributed by atoms with E-state index in [0.29, 0.717) is 25.6 Å². The standard InChI is InChI=1S/C19H30N2O2/c1-21(15-18(22)16-9-5-4-6-10-16)14-13-19(23)20-17-11-7-2-3-8-12-17/h4-6,9-10,17-18,22H,2-3,7-8,11-15H2,1H3,(H,20,23). The summed E-state index contributed by atoms with van der Waals surface area (Å²) in [7, 11) is 1.95. The van der Waals surface area contributed by atoms with Crippen molar-refractivity contribution in [3.63, 3.8) is 0 Å². The molecule has 4 heteroatoms. The molecule has 23 heavy (non-hydrogen) atoms. The van der Waals surface area contributed by atoms with Gasteiger partial charge in [-0.3, -0.25) is 4.79 Å². The van der Waals surface area contributed by atoms with Crippen LogP contribution in [-0.4, -0.2) is 42.1 Å². The Bertz CT molecular complexity index is 456. The predicted molar refractivity (Wildman–Crippen MR) is 93.1 cm³/mol. The molecule has 2 rings (SSSR count). The Kier molecular flexibility index (Phi) is 7.56. The van der Waals surface area contributed by atoms with Crippen molar-refractivity contribution in [1.82, 2.24) is 10.2 Å². The van der Waals surface area contributed by atoms with E-state index in [1.165, 1.54) is 25.7 Å². The van der Waals surface area contributed by atoms with Gasteiger partial charge in [0.2, 0.25) is 5.91 Å². The summed E-state index contributed by atoms with van der Waals surface area (Å²) in [6, 6.07) is 10.0. The second kappa shape index (κ2) is 9.68. The number of hydrogen-bond acceptors (Lipinski definition) is 3. The molecule has 0 saturated heterocycles. The molecule has 1 fully saturated rings. The Balaban J connectivity index is 1.67. The van der Waals surface area contributed by atoms with Crippen molar-refractivity contribution < 1.29 is 9.90 Å². The van der Waals surface area contributed by atoms with Crippen molar-refractivity contribution in [2.45, 2.75) is 57.1 Å². The molecule has 0 radical (unpaired) electrons. The number of amides is 1. The maximum atomic E-state index is 12.1. The number of aliphatic hydroxyl groups is 1. The zero-order chi connectivity index (χ0) is 16.5. The highest BCUT2D eigenvalue weighted by Gasteiger charge is 2.16. The van der Waals surface area contributed by atoms with E-state index >= 15 is 0 Å². The monoisotopic (exact) mass is 318 g/mol. The Morgan fingerprint density at radius 2 is 1.87 bits per heavy atom. The summed E-state index contributed by atoms with van der Waals surface area (Å²) in [6.07, 6.45) is 7.28. The van der Waals surface area contributed by atoms with E-state index < -0.39 is 6.10 Å². The molecule has 4 nitrogen and oxygen atoms in total. The van der Waals surface area contributed by atoms with Crippen LogP contribution < -0.4 is 5.32 Å². The van der Waals surface area contributed by atoms with E-state index in [-0.39, 0.29) is 5.91 Å². The van der Waals surface area contributed by atoms with E-state index in [4.69, 9.17) is 0 Å². The third-order valence-electron chi connectivity index (χ3n) is 4.61. The Morgan fingerprint density at radius 1 is 1.22 bits per heavy atom. The summed E-state index contributed by atoms with van der Waals surface area (Å²) in [4.78, 5) is 14.1. The molecule has 1 amide bonds. The third kappa shape index (κ3) is 6.71. The van der Waals surface area contributed by atoms with E-state index in [1.807, 2.05) is 42.3 Å². The van der Waals surface area contributed by atoms with Crippen LogP contribution in [0.5, 0.6) is 0 Å². The highest BCUT2D eigenvalue weighted by atomic mass is 16.3. The first-order chi connectivity index (χ1) is 11.1. The highest BCUT2D eigenvalue weighted by Crippen LogP contribution is 2.17.